The summed E-state index contributed by atoms with van der Waals surface area (Å²) in [6, 6.07) is 3.42. The number of carboxylic acids is 1. The Labute approximate surface area is 190 Å². The number of rotatable bonds is 7. The average molecular weight is 482 g/mol. The van der Waals surface area contributed by atoms with E-state index in [0.717, 1.165) is 19.0 Å². The first-order valence-electron chi connectivity index (χ1n) is 10.3. The van der Waals surface area contributed by atoms with Crippen LogP contribution in [0.5, 0.6) is 5.75 Å². The molecule has 1 aliphatic rings. The highest BCUT2D eigenvalue weighted by atomic mass is 32.1. The Bertz CT molecular complexity index is 1110. The number of hydrogen-bond donors (Lipinski definition) is 2. The minimum absolute atomic E-state index is 0.137. The molecule has 1 aliphatic carbocycles. The van der Waals surface area contributed by atoms with Gasteiger partial charge in [-0.25, -0.2) is 9.97 Å². The van der Waals surface area contributed by atoms with Crippen molar-refractivity contribution >= 4 is 22.4 Å². The molecule has 2 atom stereocenters. The Hall–Kier alpha value is -3.15. The van der Waals surface area contributed by atoms with Gasteiger partial charge < -0.3 is 19.7 Å². The summed E-state index contributed by atoms with van der Waals surface area (Å²) in [7, 11) is 0. The largest absolute Gasteiger partial charge is 0.489 e. The number of nitrogens with one attached hydrogen (secondary N) is 1. The fourth-order valence-corrected chi connectivity index (χ4v) is 4.38. The molecule has 0 unspecified atom stereocenters. The molecule has 33 heavy (non-hydrogen) atoms. The van der Waals surface area contributed by atoms with E-state index in [1.807, 2.05) is 0 Å². The number of aromatic nitrogens is 3. The molecular formula is C21H21F3N4O4S. The monoisotopic (exact) mass is 482 g/mol. The minimum Gasteiger partial charge on any atom is -0.489 e. The van der Waals surface area contributed by atoms with Crippen molar-refractivity contribution in [3.05, 3.63) is 40.7 Å². The van der Waals surface area contributed by atoms with Crippen molar-refractivity contribution in [2.24, 2.45) is 5.92 Å². The van der Waals surface area contributed by atoms with Crippen LogP contribution in [0.25, 0.3) is 11.5 Å². The Morgan fingerprint density at radius 3 is 2.79 bits per heavy atom. The second-order valence-corrected chi connectivity index (χ2v) is 8.81. The van der Waals surface area contributed by atoms with E-state index in [-0.39, 0.29) is 17.8 Å². The number of anilines is 1. The van der Waals surface area contributed by atoms with Gasteiger partial charge in [-0.2, -0.15) is 13.2 Å². The van der Waals surface area contributed by atoms with Crippen molar-refractivity contribution in [3.8, 4) is 17.2 Å². The third kappa shape index (κ3) is 5.44. The highest BCUT2D eigenvalue weighted by Crippen LogP contribution is 2.35. The van der Waals surface area contributed by atoms with Crippen molar-refractivity contribution in [2.45, 2.75) is 51.4 Å². The number of ether oxygens (including phenoxy) is 1. The first-order chi connectivity index (χ1) is 15.7. The number of carboxylic acid groups (broad SMARTS) is 1. The Kier molecular flexibility index (Phi) is 6.54. The third-order valence-corrected chi connectivity index (χ3v) is 6.43. The molecular weight excluding hydrogens is 461 g/mol. The highest BCUT2D eigenvalue weighted by molar-refractivity contribution is 7.15. The van der Waals surface area contributed by atoms with Crippen LogP contribution in [0.15, 0.2) is 29.0 Å². The van der Waals surface area contributed by atoms with Gasteiger partial charge in [0.15, 0.2) is 10.9 Å². The van der Waals surface area contributed by atoms with E-state index in [4.69, 9.17) is 9.26 Å². The Balaban J connectivity index is 1.42. The van der Waals surface area contributed by atoms with E-state index in [2.05, 4.69) is 20.4 Å². The zero-order chi connectivity index (χ0) is 23.6. The quantitative estimate of drug-likeness (QED) is 0.476. The predicted molar refractivity (Wildman–Crippen MR) is 113 cm³/mol. The van der Waals surface area contributed by atoms with Gasteiger partial charge in [0.05, 0.1) is 30.1 Å². The van der Waals surface area contributed by atoms with E-state index in [1.54, 1.807) is 19.1 Å². The van der Waals surface area contributed by atoms with E-state index in [9.17, 15) is 23.1 Å². The number of nitrogens with zero attached hydrogens (tertiary/aromatic N) is 3. The van der Waals surface area contributed by atoms with Crippen LogP contribution in [0.3, 0.4) is 0 Å². The Morgan fingerprint density at radius 1 is 1.30 bits per heavy atom. The second kappa shape index (κ2) is 9.38. The van der Waals surface area contributed by atoms with E-state index in [0.29, 0.717) is 52.6 Å². The fourth-order valence-electron chi connectivity index (χ4n) is 3.70. The summed E-state index contributed by atoms with van der Waals surface area (Å²) in [6.45, 7) is 1.89. The van der Waals surface area contributed by atoms with E-state index in [1.165, 1.54) is 6.20 Å². The number of alkyl halides is 3. The van der Waals surface area contributed by atoms with E-state index >= 15 is 0 Å². The summed E-state index contributed by atoms with van der Waals surface area (Å²) < 4.78 is 49.6. The number of carbonyl (C=O) groups is 1. The smallest absolute Gasteiger partial charge is 0.427 e. The minimum atomic E-state index is -4.43. The second-order valence-electron chi connectivity index (χ2n) is 7.78. The first-order valence-corrected chi connectivity index (χ1v) is 11.1. The fraction of sp³-hybridized carbons (Fsp3) is 0.429. The molecule has 12 heteroatoms. The summed E-state index contributed by atoms with van der Waals surface area (Å²) in [5.74, 6) is -0.282. The van der Waals surface area contributed by atoms with Gasteiger partial charge in [0.2, 0.25) is 0 Å². The molecule has 0 radical (unpaired) electrons. The molecule has 3 aromatic heterocycles. The SMILES string of the molecule is Cc1noc(-c2ccc(O[C@H]3CCC[C@H](C(=O)O)C3)cn2)c1CNc1ncc(C(F)(F)F)s1. The molecule has 2 N–H and O–H groups in total. The van der Waals surface area contributed by atoms with Crippen molar-refractivity contribution in [1.82, 2.24) is 15.1 Å². The van der Waals surface area contributed by atoms with Gasteiger partial charge in [0.25, 0.3) is 0 Å². The van der Waals surface area contributed by atoms with Gasteiger partial charge in [-0.1, -0.05) is 16.5 Å². The van der Waals surface area contributed by atoms with Crippen molar-refractivity contribution in [2.75, 3.05) is 5.32 Å². The topological polar surface area (TPSA) is 110 Å². The maximum atomic E-state index is 12.8. The highest BCUT2D eigenvalue weighted by Gasteiger charge is 2.33. The number of aliphatic carboxylic acids is 1. The molecule has 0 saturated heterocycles. The maximum absolute atomic E-state index is 12.8. The van der Waals surface area contributed by atoms with Gasteiger partial charge in [0, 0.05) is 12.1 Å². The zero-order valence-corrected chi connectivity index (χ0v) is 18.4. The lowest BCUT2D eigenvalue weighted by Crippen LogP contribution is -2.29. The van der Waals surface area contributed by atoms with Crippen LogP contribution in [-0.4, -0.2) is 32.3 Å². The number of thiazole rings is 1. The molecule has 0 bridgehead atoms. The van der Waals surface area contributed by atoms with E-state index < -0.39 is 22.9 Å². The lowest BCUT2D eigenvalue weighted by Gasteiger charge is -2.27. The number of hydrogen-bond acceptors (Lipinski definition) is 8. The number of halogens is 3. The standard InChI is InChI=1S/C21H21F3N4O4S/c1-11-15(9-26-20-27-10-17(33-20)21(22,23)24)18(32-28-11)16-6-5-14(8-25-16)31-13-4-2-3-12(7-13)19(29)30/h5-6,8,10,12-13H,2-4,7,9H2,1H3,(H,26,27)(H,29,30)/t12-,13-/m0/s1. The molecule has 1 fully saturated rings. The molecule has 3 aromatic rings. The van der Waals surface area contributed by atoms with Crippen LogP contribution < -0.4 is 10.1 Å². The van der Waals surface area contributed by atoms with Gasteiger partial charge in [-0.05, 0) is 44.7 Å². The molecule has 4 rings (SSSR count). The zero-order valence-electron chi connectivity index (χ0n) is 17.6. The molecule has 8 nitrogen and oxygen atoms in total. The van der Waals surface area contributed by atoms with Gasteiger partial charge >= 0.3 is 12.1 Å². The molecule has 3 heterocycles. The predicted octanol–water partition coefficient (Wildman–Crippen LogP) is 5.15. The van der Waals surface area contributed by atoms with Crippen molar-refractivity contribution < 1.29 is 32.3 Å². The van der Waals surface area contributed by atoms with Crippen LogP contribution in [0.1, 0.15) is 41.8 Å². The van der Waals surface area contributed by atoms with Gasteiger partial charge in [-0.3, -0.25) is 4.79 Å². The summed E-state index contributed by atoms with van der Waals surface area (Å²) >= 11 is 0.522. The van der Waals surface area contributed by atoms with Crippen LogP contribution >= 0.6 is 11.3 Å². The van der Waals surface area contributed by atoms with Crippen LogP contribution in [0.2, 0.25) is 0 Å². The third-order valence-electron chi connectivity index (χ3n) is 5.43. The summed E-state index contributed by atoms with van der Waals surface area (Å²) in [5, 5.41) is 16.2. The maximum Gasteiger partial charge on any atom is 0.427 e. The normalized spacial score (nSPS) is 18.8. The number of aryl methyl sites for hydroxylation is 1. The summed E-state index contributed by atoms with van der Waals surface area (Å²) in [6.07, 6.45) is 0.410. The lowest BCUT2D eigenvalue weighted by molar-refractivity contribution is -0.143. The van der Waals surface area contributed by atoms with Crippen molar-refractivity contribution in [3.63, 3.8) is 0 Å². The molecule has 176 valence electrons. The lowest BCUT2D eigenvalue weighted by atomic mass is 9.87. The molecule has 0 amide bonds. The van der Waals surface area contributed by atoms with Gasteiger partial charge in [-0.15, -0.1) is 0 Å². The van der Waals surface area contributed by atoms with Crippen LogP contribution in [0.4, 0.5) is 18.3 Å². The molecule has 0 aromatic carbocycles. The summed E-state index contributed by atoms with van der Waals surface area (Å²) in [5.41, 5.74) is 1.72. The summed E-state index contributed by atoms with van der Waals surface area (Å²) in [4.78, 5) is 18.6. The molecule has 0 spiro atoms. The first kappa shape index (κ1) is 23.0. The molecule has 1 saturated carbocycles. The number of pyridine rings is 1. The Morgan fingerprint density at radius 2 is 2.12 bits per heavy atom. The van der Waals surface area contributed by atoms with Crippen LogP contribution in [-0.2, 0) is 17.5 Å². The average Bonchev–Trinajstić information content (AvgIpc) is 3.40. The molecule has 0 aliphatic heterocycles. The van der Waals surface area contributed by atoms with Crippen molar-refractivity contribution in [1.29, 1.82) is 0 Å². The van der Waals surface area contributed by atoms with Gasteiger partial charge in [0.1, 0.15) is 16.3 Å². The van der Waals surface area contributed by atoms with Crippen LogP contribution in [0, 0.1) is 12.8 Å².